The Kier molecular flexibility index (Phi) is 8.85. The van der Waals surface area contributed by atoms with Gasteiger partial charge in [0.1, 0.15) is 19.0 Å². The van der Waals surface area contributed by atoms with E-state index in [9.17, 15) is 32.3 Å². The Balaban J connectivity index is 1.42. The molecule has 3 aromatic rings. The van der Waals surface area contributed by atoms with Crippen molar-refractivity contribution in [3.63, 3.8) is 0 Å². The van der Waals surface area contributed by atoms with Crippen LogP contribution >= 0.6 is 0 Å². The van der Waals surface area contributed by atoms with Crippen molar-refractivity contribution in [3.8, 4) is 5.88 Å². The minimum absolute atomic E-state index is 0.128. The summed E-state index contributed by atoms with van der Waals surface area (Å²) < 4.78 is 65.4. The Bertz CT molecular complexity index is 1300. The normalized spacial score (nSPS) is 17.5. The molecule has 2 unspecified atom stereocenters. The number of carbonyl (C=O) groups excluding carboxylic acids is 1. The lowest BCUT2D eigenvalue weighted by atomic mass is 9.92. The Labute approximate surface area is 221 Å². The molecule has 2 N–H and O–H groups in total. The molecule has 2 atom stereocenters. The van der Waals surface area contributed by atoms with Gasteiger partial charge >= 0.3 is 12.1 Å². The topological polar surface area (TPSA) is 103 Å². The zero-order valence-electron chi connectivity index (χ0n) is 20.8. The highest BCUT2D eigenvalue weighted by atomic mass is 19.4. The molecule has 0 spiro atoms. The summed E-state index contributed by atoms with van der Waals surface area (Å²) in [5, 5.41) is 16.1. The van der Waals surface area contributed by atoms with Crippen LogP contribution in [0.2, 0.25) is 0 Å². The number of rotatable bonds is 10. The molecule has 1 aliphatic rings. The molecular formula is C27H27F4N3O5. The number of halogens is 4. The van der Waals surface area contributed by atoms with E-state index < -0.39 is 48.3 Å². The van der Waals surface area contributed by atoms with Gasteiger partial charge in [-0.05, 0) is 42.2 Å². The van der Waals surface area contributed by atoms with E-state index in [4.69, 9.17) is 9.47 Å². The van der Waals surface area contributed by atoms with Gasteiger partial charge in [0, 0.05) is 6.07 Å². The third-order valence-corrected chi connectivity index (χ3v) is 6.28. The van der Waals surface area contributed by atoms with Crippen LogP contribution < -0.4 is 10.1 Å². The second-order valence-corrected chi connectivity index (χ2v) is 9.26. The molecule has 39 heavy (non-hydrogen) atoms. The minimum atomic E-state index is -4.75. The van der Waals surface area contributed by atoms with Gasteiger partial charge in [-0.25, -0.2) is 13.9 Å². The Morgan fingerprint density at radius 3 is 2.49 bits per heavy atom. The number of carboxylic acids is 1. The number of aromatic carboxylic acids is 1. The van der Waals surface area contributed by atoms with Crippen LogP contribution in [0.3, 0.4) is 0 Å². The third-order valence-electron chi connectivity index (χ3n) is 6.28. The maximum absolute atomic E-state index is 13.7. The molecule has 1 heterocycles. The van der Waals surface area contributed by atoms with Crippen LogP contribution in [0.25, 0.3) is 0 Å². The van der Waals surface area contributed by atoms with Crippen LogP contribution in [0.5, 0.6) is 5.88 Å². The molecular weight excluding hydrogens is 522 g/mol. The summed E-state index contributed by atoms with van der Waals surface area (Å²) in [5.41, 5.74) is -0.725. The highest BCUT2D eigenvalue weighted by Crippen LogP contribution is 2.31. The highest BCUT2D eigenvalue weighted by molar-refractivity contribution is 5.85. The lowest BCUT2D eigenvalue weighted by molar-refractivity contribution is -0.137. The van der Waals surface area contributed by atoms with Crippen molar-refractivity contribution in [3.05, 3.63) is 82.8 Å². The number of alkyl halides is 3. The molecule has 1 aliphatic carbocycles. The number of aromatic nitrogens is 2. The number of carbonyl (C=O) groups is 2. The SMILES string of the molecule is O=C(Cn1nc(C(=O)O)cc1OCc1cc(F)cc(C(F)(F)F)c1)NC1CCCCC1OCc1ccccc1. The van der Waals surface area contributed by atoms with E-state index in [0.717, 1.165) is 47.7 Å². The second-order valence-electron chi connectivity index (χ2n) is 9.26. The molecule has 0 aliphatic heterocycles. The summed E-state index contributed by atoms with van der Waals surface area (Å²) in [6.45, 7) is -0.514. The number of hydrogen-bond donors (Lipinski definition) is 2. The van der Waals surface area contributed by atoms with E-state index in [2.05, 4.69) is 10.4 Å². The average molecular weight is 550 g/mol. The van der Waals surface area contributed by atoms with Gasteiger partial charge in [-0.2, -0.15) is 18.3 Å². The van der Waals surface area contributed by atoms with E-state index in [1.54, 1.807) is 0 Å². The fourth-order valence-electron chi connectivity index (χ4n) is 4.42. The molecule has 208 valence electrons. The first-order valence-electron chi connectivity index (χ1n) is 12.3. The number of amides is 1. The second kappa shape index (κ2) is 12.3. The zero-order chi connectivity index (χ0) is 28.0. The van der Waals surface area contributed by atoms with Crippen molar-refractivity contribution in [2.75, 3.05) is 0 Å². The molecule has 1 fully saturated rings. The molecule has 1 saturated carbocycles. The molecule has 1 amide bonds. The molecule has 0 bridgehead atoms. The Morgan fingerprint density at radius 2 is 1.77 bits per heavy atom. The number of carboxylic acid groups (broad SMARTS) is 1. The lowest BCUT2D eigenvalue weighted by Crippen LogP contribution is -2.47. The van der Waals surface area contributed by atoms with Gasteiger partial charge in [-0.3, -0.25) is 4.79 Å². The Morgan fingerprint density at radius 1 is 1.03 bits per heavy atom. The molecule has 0 saturated heterocycles. The lowest BCUT2D eigenvalue weighted by Gasteiger charge is -2.32. The van der Waals surface area contributed by atoms with Crippen molar-refractivity contribution in [1.29, 1.82) is 0 Å². The van der Waals surface area contributed by atoms with E-state index in [1.807, 2.05) is 30.3 Å². The summed E-state index contributed by atoms with van der Waals surface area (Å²) in [5.74, 6) is -3.11. The number of benzene rings is 2. The number of ether oxygens (including phenoxy) is 2. The van der Waals surface area contributed by atoms with E-state index >= 15 is 0 Å². The van der Waals surface area contributed by atoms with Gasteiger partial charge in [-0.1, -0.05) is 43.2 Å². The predicted octanol–water partition coefficient (Wildman–Crippen LogP) is 4.96. The fourth-order valence-corrected chi connectivity index (χ4v) is 4.42. The van der Waals surface area contributed by atoms with E-state index in [1.165, 1.54) is 0 Å². The maximum Gasteiger partial charge on any atom is 0.416 e. The first-order chi connectivity index (χ1) is 18.6. The van der Waals surface area contributed by atoms with Gasteiger partial charge < -0.3 is 19.9 Å². The summed E-state index contributed by atoms with van der Waals surface area (Å²) >= 11 is 0. The van der Waals surface area contributed by atoms with Gasteiger partial charge in [0.2, 0.25) is 11.8 Å². The Hall–Kier alpha value is -3.93. The van der Waals surface area contributed by atoms with Crippen molar-refractivity contribution >= 4 is 11.9 Å². The summed E-state index contributed by atoms with van der Waals surface area (Å²) in [7, 11) is 0. The standard InChI is InChI=1S/C27H27F4N3O5/c28-20-11-18(10-19(12-20)27(29,30)31)16-39-25-13-22(26(36)37)33-34(25)14-24(35)32-21-8-4-5-9-23(21)38-15-17-6-2-1-3-7-17/h1-3,6-7,10-13,21,23H,4-5,8-9,14-16H2,(H,32,35)(H,36,37). The molecule has 2 aromatic carbocycles. The van der Waals surface area contributed by atoms with Gasteiger partial charge in [-0.15, -0.1) is 0 Å². The number of hydrogen-bond acceptors (Lipinski definition) is 5. The number of nitrogens with one attached hydrogen (secondary N) is 1. The van der Waals surface area contributed by atoms with Crippen LogP contribution in [0.15, 0.2) is 54.6 Å². The summed E-state index contributed by atoms with van der Waals surface area (Å²) in [4.78, 5) is 24.4. The van der Waals surface area contributed by atoms with E-state index in [0.29, 0.717) is 19.1 Å². The van der Waals surface area contributed by atoms with Crippen molar-refractivity contribution in [1.82, 2.24) is 15.1 Å². The third kappa shape index (κ3) is 7.79. The number of nitrogens with zero attached hydrogens (tertiary/aromatic N) is 2. The van der Waals surface area contributed by atoms with Crippen LogP contribution in [-0.2, 0) is 35.5 Å². The maximum atomic E-state index is 13.7. The largest absolute Gasteiger partial charge is 0.476 e. The van der Waals surface area contributed by atoms with Crippen LogP contribution in [-0.4, -0.2) is 38.9 Å². The van der Waals surface area contributed by atoms with Crippen molar-refractivity contribution in [2.45, 2.75) is 63.8 Å². The molecule has 1 aromatic heterocycles. The summed E-state index contributed by atoms with van der Waals surface area (Å²) in [6.07, 6.45) is -1.62. The van der Waals surface area contributed by atoms with Crippen LogP contribution in [0, 0.1) is 5.82 Å². The van der Waals surface area contributed by atoms with E-state index in [-0.39, 0.29) is 23.6 Å². The fraction of sp³-hybridized carbons (Fsp3) is 0.370. The van der Waals surface area contributed by atoms with Gasteiger partial charge in [0.25, 0.3) is 0 Å². The minimum Gasteiger partial charge on any atom is -0.476 e. The van der Waals surface area contributed by atoms with Gasteiger partial charge in [0.15, 0.2) is 5.69 Å². The zero-order valence-corrected chi connectivity index (χ0v) is 20.8. The smallest absolute Gasteiger partial charge is 0.416 e. The molecule has 4 rings (SSSR count). The molecule has 0 radical (unpaired) electrons. The van der Waals surface area contributed by atoms with Crippen molar-refractivity contribution < 1.29 is 41.7 Å². The summed E-state index contributed by atoms with van der Waals surface area (Å²) in [6, 6.07) is 12.4. The predicted molar refractivity (Wildman–Crippen MR) is 130 cm³/mol. The van der Waals surface area contributed by atoms with Gasteiger partial charge in [0.05, 0.1) is 24.3 Å². The highest BCUT2D eigenvalue weighted by Gasteiger charge is 2.31. The van der Waals surface area contributed by atoms with Crippen LogP contribution in [0.1, 0.15) is 52.9 Å². The molecule has 12 heteroatoms. The monoisotopic (exact) mass is 549 g/mol. The quantitative estimate of drug-likeness (QED) is 0.347. The van der Waals surface area contributed by atoms with Crippen LogP contribution in [0.4, 0.5) is 17.6 Å². The average Bonchev–Trinajstić information content (AvgIpc) is 3.29. The van der Waals surface area contributed by atoms with Crippen molar-refractivity contribution in [2.24, 2.45) is 0 Å². The first-order valence-corrected chi connectivity index (χ1v) is 12.3. The first kappa shape index (κ1) is 28.1. The molecule has 8 nitrogen and oxygen atoms in total.